The molecule has 0 aliphatic heterocycles. The third kappa shape index (κ3) is 2.93. The average Bonchev–Trinajstić information content (AvgIpc) is 2.78. The fraction of sp³-hybridized carbons (Fsp3) is 0.231. The lowest BCUT2D eigenvalue weighted by Crippen LogP contribution is -2.27. The Morgan fingerprint density at radius 2 is 2.15 bits per heavy atom. The van der Waals surface area contributed by atoms with Crippen LogP contribution >= 0.6 is 11.3 Å². The van der Waals surface area contributed by atoms with E-state index in [2.05, 4.69) is 4.98 Å². The number of nitrogens with two attached hydrogens (primary N) is 1. The Morgan fingerprint density at radius 1 is 1.45 bits per heavy atom. The molecule has 1 aromatic carbocycles. The summed E-state index contributed by atoms with van der Waals surface area (Å²) in [5.74, 6) is -2.27. The molecule has 2 N–H and O–H groups in total. The van der Waals surface area contributed by atoms with Gasteiger partial charge in [-0.05, 0) is 19.1 Å². The summed E-state index contributed by atoms with van der Waals surface area (Å²) in [6.07, 6.45) is 1.65. The highest BCUT2D eigenvalue weighted by Crippen LogP contribution is 2.20. The van der Waals surface area contributed by atoms with E-state index in [-0.39, 0.29) is 17.8 Å². The molecule has 0 aliphatic rings. The lowest BCUT2D eigenvalue weighted by Gasteiger charge is -2.17. The van der Waals surface area contributed by atoms with Gasteiger partial charge < -0.3 is 10.6 Å². The second-order valence-electron chi connectivity index (χ2n) is 4.36. The summed E-state index contributed by atoms with van der Waals surface area (Å²) in [4.78, 5) is 18.4. The number of hydrogen-bond donors (Lipinski definition) is 1. The van der Waals surface area contributed by atoms with Crippen molar-refractivity contribution in [2.75, 3.05) is 12.8 Å². The number of amides is 1. The van der Waals surface area contributed by atoms with Crippen molar-refractivity contribution in [1.82, 2.24) is 9.88 Å². The standard InChI is InChI=1S/C13H13F2N3OS/c1-7-17-5-9(20-7)6-18(2)13(19)10-3-8(14)4-11(16)12(10)15/h3-5H,6,16H2,1-2H3. The highest BCUT2D eigenvalue weighted by Gasteiger charge is 2.20. The van der Waals surface area contributed by atoms with Crippen molar-refractivity contribution in [3.8, 4) is 0 Å². The zero-order valence-corrected chi connectivity index (χ0v) is 11.8. The van der Waals surface area contributed by atoms with E-state index in [1.54, 1.807) is 6.20 Å². The smallest absolute Gasteiger partial charge is 0.257 e. The van der Waals surface area contributed by atoms with E-state index >= 15 is 0 Å². The van der Waals surface area contributed by atoms with Crippen LogP contribution in [0.25, 0.3) is 0 Å². The summed E-state index contributed by atoms with van der Waals surface area (Å²) < 4.78 is 27.0. The van der Waals surface area contributed by atoms with E-state index in [0.29, 0.717) is 0 Å². The molecule has 0 fully saturated rings. The third-order valence-electron chi connectivity index (χ3n) is 2.70. The summed E-state index contributed by atoms with van der Waals surface area (Å²) in [5, 5.41) is 0.877. The summed E-state index contributed by atoms with van der Waals surface area (Å²) in [6, 6.07) is 1.70. The number of benzene rings is 1. The van der Waals surface area contributed by atoms with Crippen LogP contribution in [0.1, 0.15) is 20.2 Å². The summed E-state index contributed by atoms with van der Waals surface area (Å²) in [5.41, 5.74) is 4.57. The number of halogens is 2. The van der Waals surface area contributed by atoms with Crippen molar-refractivity contribution in [3.05, 3.63) is 45.4 Å². The number of nitrogens with zero attached hydrogens (tertiary/aromatic N) is 2. The SMILES string of the molecule is Cc1ncc(CN(C)C(=O)c2cc(F)cc(N)c2F)s1. The number of rotatable bonds is 3. The minimum atomic E-state index is -0.899. The van der Waals surface area contributed by atoms with Crippen LogP contribution in [0, 0.1) is 18.6 Å². The molecule has 0 spiro atoms. The topological polar surface area (TPSA) is 59.2 Å². The molecule has 0 saturated heterocycles. The molecule has 0 bridgehead atoms. The number of nitrogen functional groups attached to an aromatic ring is 1. The van der Waals surface area contributed by atoms with Crippen molar-refractivity contribution in [2.24, 2.45) is 0 Å². The van der Waals surface area contributed by atoms with Crippen molar-refractivity contribution >= 4 is 22.9 Å². The van der Waals surface area contributed by atoms with E-state index in [9.17, 15) is 13.6 Å². The second kappa shape index (κ2) is 5.54. The number of carbonyl (C=O) groups is 1. The zero-order valence-electron chi connectivity index (χ0n) is 11.0. The van der Waals surface area contributed by atoms with E-state index in [4.69, 9.17) is 5.73 Å². The molecule has 4 nitrogen and oxygen atoms in total. The van der Waals surface area contributed by atoms with Crippen LogP contribution in [0.4, 0.5) is 14.5 Å². The van der Waals surface area contributed by atoms with Gasteiger partial charge in [0.05, 0.1) is 22.8 Å². The van der Waals surface area contributed by atoms with Crippen molar-refractivity contribution in [2.45, 2.75) is 13.5 Å². The van der Waals surface area contributed by atoms with Gasteiger partial charge in [0.2, 0.25) is 0 Å². The van der Waals surface area contributed by atoms with Crippen LogP contribution in [0.15, 0.2) is 18.3 Å². The molecule has 7 heteroatoms. The number of aryl methyl sites for hydroxylation is 1. The Kier molecular flexibility index (Phi) is 3.99. The molecule has 1 amide bonds. The largest absolute Gasteiger partial charge is 0.396 e. The van der Waals surface area contributed by atoms with Crippen LogP contribution in [-0.2, 0) is 6.54 Å². The van der Waals surface area contributed by atoms with Gasteiger partial charge in [0.15, 0.2) is 5.82 Å². The quantitative estimate of drug-likeness (QED) is 0.886. The van der Waals surface area contributed by atoms with Gasteiger partial charge in [-0.2, -0.15) is 0 Å². The first-order chi connectivity index (χ1) is 9.38. The molecular weight excluding hydrogens is 284 g/mol. The maximum absolute atomic E-state index is 13.8. The Hall–Kier alpha value is -2.02. The molecule has 2 rings (SSSR count). The zero-order chi connectivity index (χ0) is 14.9. The predicted molar refractivity (Wildman–Crippen MR) is 73.4 cm³/mol. The maximum Gasteiger partial charge on any atom is 0.257 e. The molecule has 0 aliphatic carbocycles. The Bertz CT molecular complexity index is 657. The van der Waals surface area contributed by atoms with Gasteiger partial charge in [-0.15, -0.1) is 11.3 Å². The molecule has 0 unspecified atom stereocenters. The van der Waals surface area contributed by atoms with Gasteiger partial charge in [-0.25, -0.2) is 13.8 Å². The first-order valence-corrected chi connectivity index (χ1v) is 6.61. The monoisotopic (exact) mass is 297 g/mol. The first kappa shape index (κ1) is 14.4. The molecule has 20 heavy (non-hydrogen) atoms. The van der Waals surface area contributed by atoms with Crippen LogP contribution < -0.4 is 5.73 Å². The van der Waals surface area contributed by atoms with Crippen molar-refractivity contribution < 1.29 is 13.6 Å². The molecule has 1 aromatic heterocycles. The van der Waals surface area contributed by atoms with E-state index in [0.717, 1.165) is 22.0 Å². The van der Waals surface area contributed by atoms with Gasteiger partial charge in [0.1, 0.15) is 5.82 Å². The van der Waals surface area contributed by atoms with Crippen LogP contribution in [-0.4, -0.2) is 22.8 Å². The van der Waals surface area contributed by atoms with Gasteiger partial charge in [-0.3, -0.25) is 4.79 Å². The molecule has 1 heterocycles. The summed E-state index contributed by atoms with van der Waals surface area (Å²) in [6.45, 7) is 2.13. The average molecular weight is 297 g/mol. The number of thiazole rings is 1. The summed E-state index contributed by atoms with van der Waals surface area (Å²) in [7, 11) is 1.51. The van der Waals surface area contributed by atoms with Crippen LogP contribution in [0.2, 0.25) is 0 Å². The van der Waals surface area contributed by atoms with E-state index in [1.165, 1.54) is 23.3 Å². The predicted octanol–water partition coefficient (Wildman–Crippen LogP) is 2.58. The van der Waals surface area contributed by atoms with Gasteiger partial charge in [-0.1, -0.05) is 0 Å². The normalized spacial score (nSPS) is 10.6. The van der Waals surface area contributed by atoms with E-state index < -0.39 is 17.5 Å². The summed E-state index contributed by atoms with van der Waals surface area (Å²) >= 11 is 1.44. The second-order valence-corrected chi connectivity index (χ2v) is 5.68. The fourth-order valence-electron chi connectivity index (χ4n) is 1.76. The molecule has 0 radical (unpaired) electrons. The maximum atomic E-state index is 13.8. The molecule has 0 atom stereocenters. The Morgan fingerprint density at radius 3 is 2.75 bits per heavy atom. The lowest BCUT2D eigenvalue weighted by molar-refractivity contribution is 0.0781. The first-order valence-electron chi connectivity index (χ1n) is 5.79. The fourth-order valence-corrected chi connectivity index (χ4v) is 2.60. The Balaban J connectivity index is 2.22. The minimum absolute atomic E-state index is 0.278. The van der Waals surface area contributed by atoms with Crippen molar-refractivity contribution in [1.29, 1.82) is 0 Å². The highest BCUT2D eigenvalue weighted by molar-refractivity contribution is 7.11. The van der Waals surface area contributed by atoms with Crippen LogP contribution in [0.3, 0.4) is 0 Å². The lowest BCUT2D eigenvalue weighted by atomic mass is 10.1. The molecule has 0 saturated carbocycles. The molecule has 2 aromatic rings. The molecule has 106 valence electrons. The third-order valence-corrected chi connectivity index (χ3v) is 3.60. The van der Waals surface area contributed by atoms with Crippen molar-refractivity contribution in [3.63, 3.8) is 0 Å². The Labute approximate surface area is 118 Å². The van der Waals surface area contributed by atoms with Gasteiger partial charge >= 0.3 is 0 Å². The van der Waals surface area contributed by atoms with Crippen LogP contribution in [0.5, 0.6) is 0 Å². The number of aromatic nitrogens is 1. The number of hydrogen-bond acceptors (Lipinski definition) is 4. The number of anilines is 1. The van der Waals surface area contributed by atoms with Gasteiger partial charge in [0, 0.05) is 18.1 Å². The molecular formula is C13H13F2N3OS. The number of carbonyl (C=O) groups excluding carboxylic acids is 1. The highest BCUT2D eigenvalue weighted by atomic mass is 32.1. The minimum Gasteiger partial charge on any atom is -0.396 e. The van der Waals surface area contributed by atoms with Gasteiger partial charge in [0.25, 0.3) is 5.91 Å². The van der Waals surface area contributed by atoms with E-state index in [1.807, 2.05) is 6.92 Å².